The number of rotatable bonds is 7. The first kappa shape index (κ1) is 23.3. The fourth-order valence-corrected chi connectivity index (χ4v) is 3.72. The van der Waals surface area contributed by atoms with Crippen molar-refractivity contribution in [2.75, 3.05) is 32.6 Å². The highest BCUT2D eigenvalue weighted by Gasteiger charge is 2.32. The number of ether oxygens (including phenoxy) is 2. The van der Waals surface area contributed by atoms with E-state index >= 15 is 0 Å². The molecule has 0 saturated carbocycles. The maximum atomic E-state index is 13.9. The lowest BCUT2D eigenvalue weighted by Crippen LogP contribution is -2.41. The van der Waals surface area contributed by atoms with E-state index < -0.39 is 53.4 Å². The fourth-order valence-electron chi connectivity index (χ4n) is 3.72. The summed E-state index contributed by atoms with van der Waals surface area (Å²) in [6.45, 7) is -0.223. The monoisotopic (exact) mass is 456 g/mol. The predicted octanol–water partition coefficient (Wildman–Crippen LogP) is 3.27. The first-order chi connectivity index (χ1) is 15.2. The van der Waals surface area contributed by atoms with E-state index in [0.717, 1.165) is 5.56 Å². The van der Waals surface area contributed by atoms with Crippen LogP contribution in [0.25, 0.3) is 0 Å². The second-order valence-corrected chi connectivity index (χ2v) is 7.13. The molecule has 0 aromatic heterocycles. The highest BCUT2D eigenvalue weighted by molar-refractivity contribution is 5.92. The lowest BCUT2D eigenvalue weighted by Gasteiger charge is -2.36. The van der Waals surface area contributed by atoms with Gasteiger partial charge in [-0.15, -0.1) is 0 Å². The summed E-state index contributed by atoms with van der Waals surface area (Å²) in [6, 6.07) is 2.61. The molecule has 3 rings (SSSR count). The molecule has 32 heavy (non-hydrogen) atoms. The normalized spacial score (nSPS) is 15.8. The maximum Gasteiger partial charge on any atom is 0.305 e. The van der Waals surface area contributed by atoms with Crippen LogP contribution < -0.4 is 14.8 Å². The van der Waals surface area contributed by atoms with Gasteiger partial charge in [-0.2, -0.15) is 0 Å². The molecule has 0 fully saturated rings. The summed E-state index contributed by atoms with van der Waals surface area (Å²) in [4.78, 5) is 25.4. The third-order valence-corrected chi connectivity index (χ3v) is 5.20. The minimum absolute atomic E-state index is 0.0342. The van der Waals surface area contributed by atoms with Gasteiger partial charge < -0.3 is 19.9 Å². The number of carbonyl (C=O) groups excluding carboxylic acids is 1. The zero-order chi connectivity index (χ0) is 23.6. The van der Waals surface area contributed by atoms with Crippen LogP contribution in [-0.2, 0) is 16.0 Å². The molecule has 2 aromatic carbocycles. The van der Waals surface area contributed by atoms with Crippen LogP contribution in [0.4, 0.5) is 23.2 Å². The quantitative estimate of drug-likeness (QED) is 0.491. The van der Waals surface area contributed by atoms with Crippen LogP contribution in [0, 0.1) is 23.3 Å². The van der Waals surface area contributed by atoms with Gasteiger partial charge in [-0.25, -0.2) is 17.6 Å². The molecule has 0 unspecified atom stereocenters. The van der Waals surface area contributed by atoms with Crippen molar-refractivity contribution >= 4 is 17.6 Å². The molecule has 0 bridgehead atoms. The number of carbonyl (C=O) groups is 2. The maximum absolute atomic E-state index is 13.9. The molecular weight excluding hydrogens is 436 g/mol. The average Bonchev–Trinajstić information content (AvgIpc) is 2.75. The van der Waals surface area contributed by atoms with E-state index in [0.29, 0.717) is 23.5 Å². The minimum Gasteiger partial charge on any atom is -0.493 e. The Morgan fingerprint density at radius 3 is 2.22 bits per heavy atom. The number of aliphatic carboxylic acids is 1. The van der Waals surface area contributed by atoms with E-state index in [1.807, 2.05) is 5.32 Å². The fraction of sp³-hybridized carbons (Fsp3) is 0.333. The van der Waals surface area contributed by atoms with Gasteiger partial charge in [-0.05, 0) is 29.7 Å². The number of carboxylic acid groups (broad SMARTS) is 1. The van der Waals surface area contributed by atoms with E-state index in [1.54, 1.807) is 12.1 Å². The van der Waals surface area contributed by atoms with Crippen molar-refractivity contribution in [1.29, 1.82) is 0 Å². The lowest BCUT2D eigenvalue weighted by atomic mass is 9.90. The number of hydrogen-bond acceptors (Lipinski definition) is 5. The van der Waals surface area contributed by atoms with E-state index in [2.05, 4.69) is 0 Å². The highest BCUT2D eigenvalue weighted by atomic mass is 19.2. The number of hydrogen-bond donors (Lipinski definition) is 2. The van der Waals surface area contributed by atoms with Gasteiger partial charge in [0, 0.05) is 18.7 Å². The van der Waals surface area contributed by atoms with Crippen molar-refractivity contribution in [3.63, 3.8) is 0 Å². The number of anilines is 1. The Kier molecular flexibility index (Phi) is 6.87. The van der Waals surface area contributed by atoms with Crippen LogP contribution in [0.5, 0.6) is 11.5 Å². The second kappa shape index (κ2) is 9.43. The third kappa shape index (κ3) is 4.62. The van der Waals surface area contributed by atoms with E-state index in [9.17, 15) is 32.3 Å². The molecule has 2 N–H and O–H groups in total. The Morgan fingerprint density at radius 2 is 1.66 bits per heavy atom. The van der Waals surface area contributed by atoms with Gasteiger partial charge >= 0.3 is 5.97 Å². The predicted molar refractivity (Wildman–Crippen MR) is 105 cm³/mol. The summed E-state index contributed by atoms with van der Waals surface area (Å²) in [5, 5.41) is 11.2. The SMILES string of the molecule is COc1cc2c(cc1OC)[C@H](CC(=O)O)N(CC(=O)Nc1c(F)c(F)cc(F)c1F)CC2. The Morgan fingerprint density at radius 1 is 1.06 bits per heavy atom. The van der Waals surface area contributed by atoms with Crippen LogP contribution in [0.2, 0.25) is 0 Å². The summed E-state index contributed by atoms with van der Waals surface area (Å²) >= 11 is 0. The molecule has 11 heteroatoms. The number of amides is 1. The van der Waals surface area contributed by atoms with Gasteiger partial charge in [0.25, 0.3) is 0 Å². The van der Waals surface area contributed by atoms with Crippen molar-refractivity contribution in [2.45, 2.75) is 18.9 Å². The first-order valence-corrected chi connectivity index (χ1v) is 9.49. The summed E-state index contributed by atoms with van der Waals surface area (Å²) in [5.41, 5.74) is 0.152. The number of nitrogens with zero attached hydrogens (tertiary/aromatic N) is 1. The topological polar surface area (TPSA) is 88.1 Å². The number of nitrogens with one attached hydrogen (secondary N) is 1. The molecule has 172 valence electrons. The van der Waals surface area contributed by atoms with Crippen LogP contribution in [0.15, 0.2) is 18.2 Å². The number of benzene rings is 2. The van der Waals surface area contributed by atoms with Gasteiger partial charge in [0.15, 0.2) is 34.8 Å². The molecule has 2 aromatic rings. The molecule has 1 heterocycles. The van der Waals surface area contributed by atoms with Crippen molar-refractivity contribution in [2.24, 2.45) is 0 Å². The van der Waals surface area contributed by atoms with Crippen molar-refractivity contribution in [1.82, 2.24) is 4.90 Å². The largest absolute Gasteiger partial charge is 0.493 e. The van der Waals surface area contributed by atoms with Gasteiger partial charge in [-0.3, -0.25) is 14.5 Å². The standard InChI is InChI=1S/C21H20F4N2O5/c1-31-15-5-10-3-4-27(14(8-18(29)30)11(10)6-16(15)32-2)9-17(28)26-21-19(24)12(22)7-13(23)20(21)25/h5-7,14H,3-4,8-9H2,1-2H3,(H,26,28)(H,29,30)/t14-/m0/s1. The van der Waals surface area contributed by atoms with Crippen LogP contribution in [0.1, 0.15) is 23.6 Å². The molecular formula is C21H20F4N2O5. The highest BCUT2D eigenvalue weighted by Crippen LogP contribution is 2.39. The van der Waals surface area contributed by atoms with Crippen LogP contribution in [0.3, 0.4) is 0 Å². The van der Waals surface area contributed by atoms with E-state index in [-0.39, 0.29) is 19.0 Å². The van der Waals surface area contributed by atoms with Gasteiger partial charge in [-0.1, -0.05) is 0 Å². The Labute approximate surface area is 180 Å². The Balaban J connectivity index is 1.88. The molecule has 0 radical (unpaired) electrons. The summed E-state index contributed by atoms with van der Waals surface area (Å²) in [6.07, 6.45) is 0.0590. The molecule has 7 nitrogen and oxygen atoms in total. The molecule has 1 aliphatic rings. The summed E-state index contributed by atoms with van der Waals surface area (Å²) < 4.78 is 65.1. The van der Waals surface area contributed by atoms with Crippen LogP contribution in [-0.4, -0.2) is 49.2 Å². The van der Waals surface area contributed by atoms with E-state index in [4.69, 9.17) is 9.47 Å². The number of halogens is 4. The molecule has 1 aliphatic heterocycles. The van der Waals surface area contributed by atoms with E-state index in [1.165, 1.54) is 19.1 Å². The van der Waals surface area contributed by atoms with Crippen LogP contribution >= 0.6 is 0 Å². The molecule has 0 spiro atoms. The van der Waals surface area contributed by atoms with Gasteiger partial charge in [0.1, 0.15) is 5.69 Å². The zero-order valence-electron chi connectivity index (χ0n) is 17.2. The molecule has 1 amide bonds. The Hall–Kier alpha value is -3.34. The zero-order valence-corrected chi connectivity index (χ0v) is 17.2. The average molecular weight is 456 g/mol. The summed E-state index contributed by atoms with van der Waals surface area (Å²) in [7, 11) is 2.89. The molecule has 0 saturated heterocycles. The second-order valence-electron chi connectivity index (χ2n) is 7.13. The van der Waals surface area contributed by atoms with Crippen molar-refractivity contribution < 1.29 is 41.7 Å². The molecule has 0 aliphatic carbocycles. The number of carboxylic acids is 1. The smallest absolute Gasteiger partial charge is 0.305 e. The number of methoxy groups -OCH3 is 2. The van der Waals surface area contributed by atoms with Crippen molar-refractivity contribution in [3.8, 4) is 11.5 Å². The lowest BCUT2D eigenvalue weighted by molar-refractivity contribution is -0.139. The molecule has 1 atom stereocenters. The Bertz CT molecular complexity index is 1040. The van der Waals surface area contributed by atoms with Gasteiger partial charge in [0.05, 0.1) is 27.2 Å². The van der Waals surface area contributed by atoms with Crippen molar-refractivity contribution in [3.05, 3.63) is 52.6 Å². The number of fused-ring (bicyclic) bond motifs is 1. The minimum atomic E-state index is -1.74. The summed E-state index contributed by atoms with van der Waals surface area (Å²) in [5.74, 6) is -8.05. The third-order valence-electron chi connectivity index (χ3n) is 5.20. The van der Waals surface area contributed by atoms with Gasteiger partial charge in [0.2, 0.25) is 5.91 Å². The first-order valence-electron chi connectivity index (χ1n) is 9.49.